The minimum Gasteiger partial charge on any atom is -0.441 e. The minimum atomic E-state index is -0.453. The van der Waals surface area contributed by atoms with Crippen molar-refractivity contribution in [1.82, 2.24) is 0 Å². The SMILES string of the molecule is CC(C)c1ccc(NC(=O)O[C@@H]2CO[C@H]3[C@@H]2OC[C@@H]3[NH2+]CC2CC2)cc1. The van der Waals surface area contributed by atoms with Gasteiger partial charge in [0.25, 0.3) is 0 Å². The van der Waals surface area contributed by atoms with Crippen LogP contribution in [0.3, 0.4) is 0 Å². The molecular weight excluding hydrogens is 332 g/mol. The molecular formula is C20H29N2O4+. The van der Waals surface area contributed by atoms with Gasteiger partial charge in [-0.2, -0.15) is 0 Å². The van der Waals surface area contributed by atoms with Gasteiger partial charge in [0.1, 0.15) is 24.9 Å². The maximum Gasteiger partial charge on any atom is 0.412 e. The van der Waals surface area contributed by atoms with Gasteiger partial charge in [0, 0.05) is 11.6 Å². The molecule has 0 bridgehead atoms. The topological polar surface area (TPSA) is 73.4 Å². The van der Waals surface area contributed by atoms with Crippen LogP contribution in [0.4, 0.5) is 10.5 Å². The standard InChI is InChI=1S/C20H28N2O4/c1-12(2)14-5-7-15(8-6-14)22-20(23)26-17-11-25-18-16(10-24-19(17)18)21-9-13-3-4-13/h5-8,12-13,16-19,21H,3-4,9-11H2,1-2H3,(H,22,23)/p+1/t16-,17+,18+,19+/m0/s1. The molecule has 1 aromatic carbocycles. The number of ether oxygens (including phenoxy) is 3. The molecule has 142 valence electrons. The molecule has 0 aromatic heterocycles. The molecule has 3 fully saturated rings. The highest BCUT2D eigenvalue weighted by atomic mass is 16.6. The molecule has 2 heterocycles. The van der Waals surface area contributed by atoms with E-state index in [2.05, 4.69) is 24.5 Å². The second-order valence-corrected chi connectivity index (χ2v) is 8.02. The van der Waals surface area contributed by atoms with Crippen molar-refractivity contribution >= 4 is 11.8 Å². The number of benzene rings is 1. The number of rotatable bonds is 6. The summed E-state index contributed by atoms with van der Waals surface area (Å²) in [6.45, 7) is 6.51. The Balaban J connectivity index is 1.27. The van der Waals surface area contributed by atoms with E-state index in [1.165, 1.54) is 18.4 Å². The van der Waals surface area contributed by atoms with E-state index < -0.39 is 6.09 Å². The van der Waals surface area contributed by atoms with Crippen molar-refractivity contribution in [2.24, 2.45) is 5.92 Å². The molecule has 0 spiro atoms. The Bertz CT molecular complexity index is 629. The van der Waals surface area contributed by atoms with Gasteiger partial charge in [0.2, 0.25) is 0 Å². The van der Waals surface area contributed by atoms with Crippen molar-refractivity contribution in [2.75, 3.05) is 25.1 Å². The molecule has 4 rings (SSSR count). The van der Waals surface area contributed by atoms with Crippen LogP contribution in [0.5, 0.6) is 0 Å². The molecule has 3 N–H and O–H groups in total. The number of carbonyl (C=O) groups is 1. The van der Waals surface area contributed by atoms with E-state index >= 15 is 0 Å². The van der Waals surface area contributed by atoms with Crippen LogP contribution in [0.1, 0.15) is 38.2 Å². The Hall–Kier alpha value is -1.63. The van der Waals surface area contributed by atoms with E-state index in [9.17, 15) is 4.79 Å². The van der Waals surface area contributed by atoms with Crippen molar-refractivity contribution in [3.63, 3.8) is 0 Å². The highest BCUT2D eigenvalue weighted by Crippen LogP contribution is 2.29. The van der Waals surface area contributed by atoms with E-state index in [1.54, 1.807) is 0 Å². The first-order valence-corrected chi connectivity index (χ1v) is 9.74. The fourth-order valence-corrected chi connectivity index (χ4v) is 3.75. The molecule has 4 atom stereocenters. The summed E-state index contributed by atoms with van der Waals surface area (Å²) < 4.78 is 17.4. The second-order valence-electron chi connectivity index (χ2n) is 8.02. The lowest BCUT2D eigenvalue weighted by Gasteiger charge is -2.17. The number of quaternary nitrogens is 1. The summed E-state index contributed by atoms with van der Waals surface area (Å²) in [4.78, 5) is 12.2. The van der Waals surface area contributed by atoms with Crippen LogP contribution in [0, 0.1) is 5.92 Å². The van der Waals surface area contributed by atoms with Gasteiger partial charge in [0.05, 0.1) is 13.2 Å². The van der Waals surface area contributed by atoms with Gasteiger partial charge in [-0.3, -0.25) is 5.32 Å². The number of amides is 1. The van der Waals surface area contributed by atoms with Crippen molar-refractivity contribution in [1.29, 1.82) is 0 Å². The molecule has 2 saturated heterocycles. The molecule has 26 heavy (non-hydrogen) atoms. The van der Waals surface area contributed by atoms with E-state index in [-0.39, 0.29) is 18.3 Å². The van der Waals surface area contributed by atoms with Crippen LogP contribution in [0.15, 0.2) is 24.3 Å². The van der Waals surface area contributed by atoms with Gasteiger partial charge in [-0.15, -0.1) is 0 Å². The Labute approximate surface area is 154 Å². The molecule has 0 radical (unpaired) electrons. The average molecular weight is 361 g/mol. The average Bonchev–Trinajstić information content (AvgIpc) is 3.24. The van der Waals surface area contributed by atoms with Crippen molar-refractivity contribution in [3.8, 4) is 0 Å². The fraction of sp³-hybridized carbons (Fsp3) is 0.650. The summed E-state index contributed by atoms with van der Waals surface area (Å²) >= 11 is 0. The van der Waals surface area contributed by atoms with E-state index in [0.717, 1.165) is 18.2 Å². The van der Waals surface area contributed by atoms with Crippen LogP contribution in [-0.2, 0) is 14.2 Å². The van der Waals surface area contributed by atoms with Crippen molar-refractivity contribution in [2.45, 2.75) is 57.0 Å². The molecule has 1 aromatic rings. The number of fused-ring (bicyclic) bond motifs is 1. The predicted octanol–water partition coefficient (Wildman–Crippen LogP) is 1.87. The minimum absolute atomic E-state index is 0.0249. The summed E-state index contributed by atoms with van der Waals surface area (Å²) in [5.41, 5.74) is 1.97. The number of nitrogens with two attached hydrogens (primary N) is 1. The quantitative estimate of drug-likeness (QED) is 0.811. The first-order chi connectivity index (χ1) is 12.6. The lowest BCUT2D eigenvalue weighted by molar-refractivity contribution is -0.695. The van der Waals surface area contributed by atoms with Crippen molar-refractivity contribution in [3.05, 3.63) is 29.8 Å². The van der Waals surface area contributed by atoms with Crippen LogP contribution in [0.2, 0.25) is 0 Å². The molecule has 0 unspecified atom stereocenters. The number of carbonyl (C=O) groups excluding carboxylic acids is 1. The predicted molar refractivity (Wildman–Crippen MR) is 97.2 cm³/mol. The Morgan fingerprint density at radius 3 is 2.62 bits per heavy atom. The Kier molecular flexibility index (Phi) is 5.16. The monoisotopic (exact) mass is 361 g/mol. The number of anilines is 1. The van der Waals surface area contributed by atoms with Gasteiger partial charge >= 0.3 is 6.09 Å². The van der Waals surface area contributed by atoms with E-state index in [0.29, 0.717) is 25.2 Å². The third kappa shape index (κ3) is 4.03. The Morgan fingerprint density at radius 1 is 1.19 bits per heavy atom. The van der Waals surface area contributed by atoms with Gasteiger partial charge in [-0.1, -0.05) is 26.0 Å². The zero-order valence-corrected chi connectivity index (χ0v) is 15.5. The Morgan fingerprint density at radius 2 is 1.92 bits per heavy atom. The van der Waals surface area contributed by atoms with Crippen LogP contribution in [-0.4, -0.2) is 50.2 Å². The second kappa shape index (κ2) is 7.55. The van der Waals surface area contributed by atoms with Gasteiger partial charge < -0.3 is 19.5 Å². The lowest BCUT2D eigenvalue weighted by atomic mass is 10.0. The lowest BCUT2D eigenvalue weighted by Crippen LogP contribution is -2.93. The highest BCUT2D eigenvalue weighted by molar-refractivity contribution is 5.84. The molecule has 6 nitrogen and oxygen atoms in total. The van der Waals surface area contributed by atoms with Gasteiger partial charge in [0.15, 0.2) is 6.10 Å². The molecule has 1 saturated carbocycles. The zero-order chi connectivity index (χ0) is 18.1. The molecule has 1 aliphatic carbocycles. The summed E-state index contributed by atoms with van der Waals surface area (Å²) in [6, 6.07) is 8.17. The molecule has 3 aliphatic rings. The van der Waals surface area contributed by atoms with Crippen molar-refractivity contribution < 1.29 is 24.3 Å². The third-order valence-electron chi connectivity index (χ3n) is 5.60. The van der Waals surface area contributed by atoms with E-state index in [4.69, 9.17) is 14.2 Å². The maximum atomic E-state index is 12.2. The maximum absolute atomic E-state index is 12.2. The van der Waals surface area contributed by atoms with Crippen LogP contribution in [0.25, 0.3) is 0 Å². The first kappa shape index (κ1) is 17.8. The third-order valence-corrected chi connectivity index (χ3v) is 5.60. The number of nitrogens with one attached hydrogen (secondary N) is 1. The summed E-state index contributed by atoms with van der Waals surface area (Å²) in [7, 11) is 0. The fourth-order valence-electron chi connectivity index (χ4n) is 3.75. The largest absolute Gasteiger partial charge is 0.441 e. The normalized spacial score (nSPS) is 30.4. The smallest absolute Gasteiger partial charge is 0.412 e. The summed E-state index contributed by atoms with van der Waals surface area (Å²) in [5.74, 6) is 1.34. The summed E-state index contributed by atoms with van der Waals surface area (Å²) in [5, 5.41) is 5.14. The number of hydrogen-bond acceptors (Lipinski definition) is 4. The van der Waals surface area contributed by atoms with E-state index in [1.807, 2.05) is 24.3 Å². The molecule has 1 amide bonds. The zero-order valence-electron chi connectivity index (χ0n) is 15.5. The number of hydrogen-bond donors (Lipinski definition) is 2. The van der Waals surface area contributed by atoms with Gasteiger partial charge in [-0.25, -0.2) is 4.79 Å². The first-order valence-electron chi connectivity index (χ1n) is 9.74. The molecule has 2 aliphatic heterocycles. The van der Waals surface area contributed by atoms with Crippen LogP contribution >= 0.6 is 0 Å². The molecule has 6 heteroatoms. The highest BCUT2D eigenvalue weighted by Gasteiger charge is 2.51. The summed E-state index contributed by atoms with van der Waals surface area (Å²) in [6.07, 6.45) is 1.79. The van der Waals surface area contributed by atoms with Gasteiger partial charge in [-0.05, 0) is 36.5 Å². The van der Waals surface area contributed by atoms with Crippen LogP contribution < -0.4 is 10.6 Å².